The summed E-state index contributed by atoms with van der Waals surface area (Å²) in [5.74, 6) is -0.503. The van der Waals surface area contributed by atoms with Crippen LogP contribution in [0.25, 0.3) is 22.4 Å². The van der Waals surface area contributed by atoms with E-state index >= 15 is 0 Å². The Morgan fingerprint density at radius 3 is 2.12 bits per heavy atom. The van der Waals surface area contributed by atoms with Crippen LogP contribution < -0.4 is 0 Å². The van der Waals surface area contributed by atoms with Gasteiger partial charge in [0.15, 0.2) is 6.29 Å². The maximum atomic E-state index is 12.5. The maximum absolute atomic E-state index is 12.5. The monoisotopic (exact) mass is 319 g/mol. The lowest BCUT2D eigenvalue weighted by Crippen LogP contribution is -2.07. The first-order valence-electron chi connectivity index (χ1n) is 7.75. The first kappa shape index (κ1) is 15.7. The van der Waals surface area contributed by atoms with Gasteiger partial charge in [0.25, 0.3) is 0 Å². The van der Waals surface area contributed by atoms with E-state index in [2.05, 4.69) is 4.98 Å². The van der Waals surface area contributed by atoms with Crippen molar-refractivity contribution in [2.75, 3.05) is 6.61 Å². The molecule has 0 atom stereocenters. The Balaban J connectivity index is 2.30. The maximum Gasteiger partial charge on any atom is 0.341 e. The summed E-state index contributed by atoms with van der Waals surface area (Å²) in [6.45, 7) is 1.99. The van der Waals surface area contributed by atoms with E-state index in [1.807, 2.05) is 60.7 Å². The first-order valence-corrected chi connectivity index (χ1v) is 7.75. The van der Waals surface area contributed by atoms with Crippen molar-refractivity contribution in [3.8, 4) is 22.4 Å². The summed E-state index contributed by atoms with van der Waals surface area (Å²) in [5, 5.41) is 0. The fourth-order valence-corrected chi connectivity index (χ4v) is 2.74. The van der Waals surface area contributed by atoms with E-state index in [0.29, 0.717) is 11.8 Å². The molecule has 0 bridgehead atoms. The lowest BCUT2D eigenvalue weighted by Gasteiger charge is -2.08. The van der Waals surface area contributed by atoms with Gasteiger partial charge in [0, 0.05) is 5.56 Å². The molecule has 120 valence electrons. The third-order valence-corrected chi connectivity index (χ3v) is 3.75. The van der Waals surface area contributed by atoms with E-state index < -0.39 is 5.97 Å². The molecular weight excluding hydrogens is 302 g/mol. The quantitative estimate of drug-likeness (QED) is 0.562. The van der Waals surface area contributed by atoms with Gasteiger partial charge in [-0.15, -0.1) is 0 Å². The number of esters is 1. The predicted molar refractivity (Wildman–Crippen MR) is 93.0 cm³/mol. The number of carbonyl (C=O) groups excluding carboxylic acids is 2. The van der Waals surface area contributed by atoms with Gasteiger partial charge in [-0.05, 0) is 18.1 Å². The molecule has 3 rings (SSSR count). The summed E-state index contributed by atoms with van der Waals surface area (Å²) in [6, 6.07) is 19.1. The highest BCUT2D eigenvalue weighted by atomic mass is 16.5. The minimum absolute atomic E-state index is 0.228. The van der Waals surface area contributed by atoms with E-state index in [0.717, 1.165) is 16.8 Å². The van der Waals surface area contributed by atoms with E-state index in [4.69, 9.17) is 4.74 Å². The van der Waals surface area contributed by atoms with Crippen molar-refractivity contribution in [1.29, 1.82) is 0 Å². The molecular formula is C20H17NO3. The zero-order valence-corrected chi connectivity index (χ0v) is 13.3. The SMILES string of the molecule is CCOC(=O)c1c(C=O)[nH]c(-c2ccccc2)c1-c1ccccc1. The average Bonchev–Trinajstić information content (AvgIpc) is 3.03. The molecule has 1 aromatic heterocycles. The number of carbonyl (C=O) groups is 2. The van der Waals surface area contributed by atoms with Gasteiger partial charge in [0.2, 0.25) is 0 Å². The number of rotatable bonds is 5. The second-order valence-electron chi connectivity index (χ2n) is 5.23. The van der Waals surface area contributed by atoms with Crippen LogP contribution in [0, 0.1) is 0 Å². The highest BCUT2D eigenvalue weighted by molar-refractivity contribution is 6.07. The van der Waals surface area contributed by atoms with Gasteiger partial charge in [-0.25, -0.2) is 4.79 Å². The number of H-pyrrole nitrogens is 1. The first-order chi connectivity index (χ1) is 11.8. The van der Waals surface area contributed by atoms with Crippen LogP contribution in [-0.4, -0.2) is 23.8 Å². The van der Waals surface area contributed by atoms with E-state index in [-0.39, 0.29) is 17.9 Å². The molecule has 0 aliphatic heterocycles. The molecule has 4 nitrogen and oxygen atoms in total. The largest absolute Gasteiger partial charge is 0.462 e. The Kier molecular flexibility index (Phi) is 4.57. The molecule has 1 N–H and O–H groups in total. The molecule has 4 heteroatoms. The second-order valence-corrected chi connectivity index (χ2v) is 5.23. The summed E-state index contributed by atoms with van der Waals surface area (Å²) in [5.41, 5.74) is 3.66. The van der Waals surface area contributed by atoms with Crippen molar-refractivity contribution in [2.45, 2.75) is 6.92 Å². The number of nitrogens with one attached hydrogen (secondary N) is 1. The van der Waals surface area contributed by atoms with Crippen molar-refractivity contribution < 1.29 is 14.3 Å². The number of hydrogen-bond donors (Lipinski definition) is 1. The smallest absolute Gasteiger partial charge is 0.341 e. The molecule has 0 amide bonds. The van der Waals surface area contributed by atoms with Gasteiger partial charge in [0.05, 0.1) is 23.6 Å². The van der Waals surface area contributed by atoms with Crippen LogP contribution in [-0.2, 0) is 4.74 Å². The summed E-state index contributed by atoms with van der Waals surface area (Å²) in [4.78, 5) is 27.1. The third-order valence-electron chi connectivity index (χ3n) is 3.75. The highest BCUT2D eigenvalue weighted by Gasteiger charge is 2.25. The summed E-state index contributed by atoms with van der Waals surface area (Å²) in [7, 11) is 0. The van der Waals surface area contributed by atoms with Crippen LogP contribution in [0.5, 0.6) is 0 Å². The van der Waals surface area contributed by atoms with Crippen LogP contribution in [0.2, 0.25) is 0 Å². The van der Waals surface area contributed by atoms with E-state index in [9.17, 15) is 9.59 Å². The molecule has 0 fully saturated rings. The van der Waals surface area contributed by atoms with Crippen molar-refractivity contribution in [3.63, 3.8) is 0 Å². The second kappa shape index (κ2) is 6.96. The molecule has 0 spiro atoms. The van der Waals surface area contributed by atoms with Crippen molar-refractivity contribution in [2.24, 2.45) is 0 Å². The Hall–Kier alpha value is -3.14. The Morgan fingerprint density at radius 1 is 1.00 bits per heavy atom. The Bertz CT molecular complexity index is 851. The Labute approximate surface area is 140 Å². The molecule has 24 heavy (non-hydrogen) atoms. The van der Waals surface area contributed by atoms with Crippen molar-refractivity contribution >= 4 is 12.3 Å². The standard InChI is InChI=1S/C20H17NO3/c1-2-24-20(23)18-16(13-22)21-19(15-11-7-4-8-12-15)17(18)14-9-5-3-6-10-14/h3-13,21H,2H2,1H3. The van der Waals surface area contributed by atoms with Crippen LogP contribution in [0.15, 0.2) is 60.7 Å². The third kappa shape index (κ3) is 2.86. The highest BCUT2D eigenvalue weighted by Crippen LogP contribution is 2.36. The van der Waals surface area contributed by atoms with Crippen molar-refractivity contribution in [3.05, 3.63) is 71.9 Å². The number of aldehydes is 1. The molecule has 0 radical (unpaired) electrons. The fraction of sp³-hybridized carbons (Fsp3) is 0.100. The molecule has 0 saturated carbocycles. The molecule has 1 heterocycles. The number of ether oxygens (including phenoxy) is 1. The van der Waals surface area contributed by atoms with Crippen LogP contribution in [0.3, 0.4) is 0 Å². The van der Waals surface area contributed by atoms with Gasteiger partial charge in [-0.2, -0.15) is 0 Å². The van der Waals surface area contributed by atoms with Gasteiger partial charge in [-0.3, -0.25) is 4.79 Å². The van der Waals surface area contributed by atoms with E-state index in [1.165, 1.54) is 0 Å². The van der Waals surface area contributed by atoms with Crippen molar-refractivity contribution in [1.82, 2.24) is 4.98 Å². The number of benzene rings is 2. The van der Waals surface area contributed by atoms with Gasteiger partial charge < -0.3 is 9.72 Å². The summed E-state index contributed by atoms with van der Waals surface area (Å²) >= 11 is 0. The van der Waals surface area contributed by atoms with Crippen LogP contribution in [0.4, 0.5) is 0 Å². The summed E-state index contributed by atoms with van der Waals surface area (Å²) < 4.78 is 5.16. The Morgan fingerprint density at radius 2 is 1.58 bits per heavy atom. The molecule has 3 aromatic rings. The van der Waals surface area contributed by atoms with Gasteiger partial charge in [0.1, 0.15) is 0 Å². The number of aromatic amines is 1. The molecule has 2 aromatic carbocycles. The molecule has 0 aliphatic carbocycles. The lowest BCUT2D eigenvalue weighted by molar-refractivity contribution is 0.0525. The van der Waals surface area contributed by atoms with Crippen LogP contribution in [0.1, 0.15) is 27.8 Å². The zero-order chi connectivity index (χ0) is 16.9. The minimum Gasteiger partial charge on any atom is -0.462 e. The average molecular weight is 319 g/mol. The zero-order valence-electron chi connectivity index (χ0n) is 13.3. The molecule has 0 aliphatic rings. The number of hydrogen-bond acceptors (Lipinski definition) is 3. The predicted octanol–water partition coefficient (Wildman–Crippen LogP) is 4.34. The van der Waals surface area contributed by atoms with Crippen LogP contribution >= 0.6 is 0 Å². The van der Waals surface area contributed by atoms with Gasteiger partial charge >= 0.3 is 5.97 Å². The van der Waals surface area contributed by atoms with Gasteiger partial charge in [-0.1, -0.05) is 60.7 Å². The molecule has 0 unspecified atom stereocenters. The fourth-order valence-electron chi connectivity index (χ4n) is 2.74. The normalized spacial score (nSPS) is 10.4. The lowest BCUT2D eigenvalue weighted by atomic mass is 9.97. The number of aromatic nitrogens is 1. The van der Waals surface area contributed by atoms with E-state index in [1.54, 1.807) is 6.92 Å². The molecule has 0 saturated heterocycles. The minimum atomic E-state index is -0.503. The summed E-state index contributed by atoms with van der Waals surface area (Å²) in [6.07, 6.45) is 0.658. The topological polar surface area (TPSA) is 59.2 Å².